The summed E-state index contributed by atoms with van der Waals surface area (Å²) in [6.07, 6.45) is 0. The highest BCUT2D eigenvalue weighted by Crippen LogP contribution is 2.25. The molecule has 0 aliphatic rings. The Hall–Kier alpha value is -1.64. The highest BCUT2D eigenvalue weighted by molar-refractivity contribution is 7.91. The minimum atomic E-state index is -3.71. The largest absolute Gasteiger partial charge is 0.477 e. The summed E-state index contributed by atoms with van der Waals surface area (Å²) in [6, 6.07) is 6.04. The van der Waals surface area contributed by atoms with Gasteiger partial charge in [0.15, 0.2) is 0 Å². The van der Waals surface area contributed by atoms with Crippen molar-refractivity contribution in [3.05, 3.63) is 40.7 Å². The Morgan fingerprint density at radius 2 is 2.05 bits per heavy atom. The van der Waals surface area contributed by atoms with Crippen molar-refractivity contribution in [2.45, 2.75) is 17.7 Å². The number of nitrogens with zero attached hydrogens (tertiary/aromatic N) is 1. The molecule has 0 saturated heterocycles. The lowest BCUT2D eigenvalue weighted by Gasteiger charge is -2.14. The van der Waals surface area contributed by atoms with Gasteiger partial charge in [0.05, 0.1) is 6.54 Å². The van der Waals surface area contributed by atoms with Gasteiger partial charge in [0.25, 0.3) is 10.0 Å². The lowest BCUT2D eigenvalue weighted by Crippen LogP contribution is -2.25. The standard InChI is InChI=1S/C12H13NO5S2/c1-8-3-4-9(18-8)7-13(2)20(16,17)11-6-5-10(19-11)12(14)15/h3-6H,7H2,1-2H3,(H,14,15). The lowest BCUT2D eigenvalue weighted by molar-refractivity contribution is 0.0702. The molecule has 6 nitrogen and oxygen atoms in total. The van der Waals surface area contributed by atoms with E-state index < -0.39 is 16.0 Å². The van der Waals surface area contributed by atoms with Crippen LogP contribution in [-0.4, -0.2) is 30.8 Å². The van der Waals surface area contributed by atoms with Gasteiger partial charge in [-0.2, -0.15) is 4.31 Å². The van der Waals surface area contributed by atoms with Crippen molar-refractivity contribution >= 4 is 27.3 Å². The second kappa shape index (κ2) is 5.39. The molecule has 0 aliphatic heterocycles. The first-order valence-electron chi connectivity index (χ1n) is 5.65. The molecule has 0 amide bonds. The summed E-state index contributed by atoms with van der Waals surface area (Å²) in [6.45, 7) is 1.87. The summed E-state index contributed by atoms with van der Waals surface area (Å²) in [5, 5.41) is 8.83. The average Bonchev–Trinajstić information content (AvgIpc) is 2.98. The maximum Gasteiger partial charge on any atom is 0.345 e. The molecule has 2 heterocycles. The van der Waals surface area contributed by atoms with E-state index in [9.17, 15) is 13.2 Å². The molecule has 0 saturated carbocycles. The van der Waals surface area contributed by atoms with Gasteiger partial charge >= 0.3 is 5.97 Å². The fourth-order valence-electron chi connectivity index (χ4n) is 1.60. The maximum absolute atomic E-state index is 12.3. The van der Waals surface area contributed by atoms with Gasteiger partial charge in [-0.15, -0.1) is 11.3 Å². The Bertz CT molecular complexity index is 729. The summed E-state index contributed by atoms with van der Waals surface area (Å²) >= 11 is 0.732. The predicted molar refractivity (Wildman–Crippen MR) is 73.4 cm³/mol. The van der Waals surface area contributed by atoms with Crippen LogP contribution < -0.4 is 0 Å². The minimum Gasteiger partial charge on any atom is -0.477 e. The first-order chi connectivity index (χ1) is 9.30. The Balaban J connectivity index is 2.22. The molecule has 108 valence electrons. The number of aryl methyl sites for hydroxylation is 1. The number of hydrogen-bond donors (Lipinski definition) is 1. The number of furan rings is 1. The number of rotatable bonds is 5. The molecule has 2 aromatic heterocycles. The Labute approximate surface area is 120 Å². The first-order valence-corrected chi connectivity index (χ1v) is 7.91. The van der Waals surface area contributed by atoms with Crippen molar-refractivity contribution in [1.82, 2.24) is 4.31 Å². The number of carboxylic acid groups (broad SMARTS) is 1. The Morgan fingerprint density at radius 1 is 1.35 bits per heavy atom. The van der Waals surface area contributed by atoms with Crippen molar-refractivity contribution in [3.8, 4) is 0 Å². The molecule has 0 aromatic carbocycles. The highest BCUT2D eigenvalue weighted by Gasteiger charge is 2.24. The van der Waals surface area contributed by atoms with Crippen molar-refractivity contribution in [3.63, 3.8) is 0 Å². The molecule has 0 bridgehead atoms. The third-order valence-corrected chi connectivity index (χ3v) is 5.98. The highest BCUT2D eigenvalue weighted by atomic mass is 32.2. The van der Waals surface area contributed by atoms with E-state index in [-0.39, 0.29) is 15.6 Å². The van der Waals surface area contributed by atoms with Crippen LogP contribution in [0.5, 0.6) is 0 Å². The van der Waals surface area contributed by atoms with Gasteiger partial charge in [-0.25, -0.2) is 13.2 Å². The normalized spacial score (nSPS) is 11.9. The molecule has 0 fully saturated rings. The minimum absolute atomic E-state index is 0.000628. The van der Waals surface area contributed by atoms with Gasteiger partial charge in [-0.05, 0) is 31.2 Å². The predicted octanol–water partition coefficient (Wildman–Crippen LogP) is 2.17. The van der Waals surface area contributed by atoms with E-state index in [1.54, 1.807) is 19.1 Å². The van der Waals surface area contributed by atoms with E-state index in [1.807, 2.05) is 0 Å². The van der Waals surface area contributed by atoms with E-state index in [1.165, 1.54) is 19.2 Å². The van der Waals surface area contributed by atoms with Crippen molar-refractivity contribution in [2.24, 2.45) is 0 Å². The Morgan fingerprint density at radius 3 is 2.55 bits per heavy atom. The lowest BCUT2D eigenvalue weighted by atomic mass is 10.4. The van der Waals surface area contributed by atoms with Crippen molar-refractivity contribution in [1.29, 1.82) is 0 Å². The van der Waals surface area contributed by atoms with E-state index in [0.29, 0.717) is 11.5 Å². The second-order valence-corrected chi connectivity index (χ2v) is 7.55. The van der Waals surface area contributed by atoms with Crippen LogP contribution >= 0.6 is 11.3 Å². The average molecular weight is 315 g/mol. The van der Waals surface area contributed by atoms with Crippen LogP contribution in [-0.2, 0) is 16.6 Å². The Kier molecular flexibility index (Phi) is 3.98. The van der Waals surface area contributed by atoms with Crippen molar-refractivity contribution in [2.75, 3.05) is 7.05 Å². The zero-order chi connectivity index (χ0) is 14.9. The van der Waals surface area contributed by atoms with Gasteiger partial charge in [0.1, 0.15) is 20.6 Å². The van der Waals surface area contributed by atoms with Gasteiger partial charge in [-0.3, -0.25) is 0 Å². The fourth-order valence-corrected chi connectivity index (χ4v) is 4.09. The number of hydrogen-bond acceptors (Lipinski definition) is 5. The first kappa shape index (κ1) is 14.8. The molecule has 20 heavy (non-hydrogen) atoms. The quantitative estimate of drug-likeness (QED) is 0.913. The second-order valence-electron chi connectivity index (χ2n) is 4.20. The van der Waals surface area contributed by atoms with Crippen LogP contribution in [0.1, 0.15) is 21.2 Å². The van der Waals surface area contributed by atoms with Crippen LogP contribution in [0.15, 0.2) is 32.9 Å². The number of carboxylic acids is 1. The van der Waals surface area contributed by atoms with Crippen LogP contribution in [0.4, 0.5) is 0 Å². The molecule has 0 atom stereocenters. The number of thiophene rings is 1. The summed E-state index contributed by atoms with van der Waals surface area (Å²) in [5.41, 5.74) is 0. The molecular weight excluding hydrogens is 302 g/mol. The van der Waals surface area contributed by atoms with E-state index >= 15 is 0 Å². The maximum atomic E-state index is 12.3. The molecule has 1 N–H and O–H groups in total. The summed E-state index contributed by atoms with van der Waals surface area (Å²) < 4.78 is 31.0. The van der Waals surface area contributed by atoms with Gasteiger partial charge in [-0.1, -0.05) is 0 Å². The topological polar surface area (TPSA) is 87.8 Å². The summed E-state index contributed by atoms with van der Waals surface area (Å²) in [4.78, 5) is 10.8. The molecule has 0 aliphatic carbocycles. The number of aromatic carboxylic acids is 1. The van der Waals surface area contributed by atoms with E-state index in [2.05, 4.69) is 0 Å². The summed E-state index contributed by atoms with van der Waals surface area (Å²) in [5.74, 6) is 0.0967. The molecule has 2 rings (SSSR count). The number of carbonyl (C=O) groups is 1. The number of sulfonamides is 1. The third-order valence-electron chi connectivity index (χ3n) is 2.63. The molecule has 0 radical (unpaired) electrons. The van der Waals surface area contributed by atoms with Gasteiger partial charge in [0, 0.05) is 7.05 Å². The van der Waals surface area contributed by atoms with Gasteiger partial charge in [0.2, 0.25) is 0 Å². The smallest absolute Gasteiger partial charge is 0.345 e. The molecule has 0 spiro atoms. The van der Waals surface area contributed by atoms with E-state index in [4.69, 9.17) is 9.52 Å². The monoisotopic (exact) mass is 315 g/mol. The molecular formula is C12H13NO5S2. The molecule has 8 heteroatoms. The fraction of sp³-hybridized carbons (Fsp3) is 0.250. The van der Waals surface area contributed by atoms with Gasteiger partial charge < -0.3 is 9.52 Å². The molecule has 0 unspecified atom stereocenters. The van der Waals surface area contributed by atoms with Crippen LogP contribution in [0.25, 0.3) is 0 Å². The molecule has 2 aromatic rings. The zero-order valence-corrected chi connectivity index (χ0v) is 12.5. The SMILES string of the molecule is Cc1ccc(CN(C)S(=O)(=O)c2ccc(C(=O)O)s2)o1. The third kappa shape index (κ3) is 2.92. The zero-order valence-electron chi connectivity index (χ0n) is 10.9. The van der Waals surface area contributed by atoms with Crippen LogP contribution in [0, 0.1) is 6.92 Å². The van der Waals surface area contributed by atoms with E-state index in [0.717, 1.165) is 15.6 Å². The van der Waals surface area contributed by atoms with Crippen LogP contribution in [0.3, 0.4) is 0 Å². The van der Waals surface area contributed by atoms with Crippen LogP contribution in [0.2, 0.25) is 0 Å². The summed E-state index contributed by atoms with van der Waals surface area (Å²) in [7, 11) is -2.29. The van der Waals surface area contributed by atoms with Crippen molar-refractivity contribution < 1.29 is 22.7 Å².